The fourth-order valence-corrected chi connectivity index (χ4v) is 7.07. The Morgan fingerprint density at radius 2 is 1.13 bits per heavy atom. The molecule has 0 aliphatic rings. The van der Waals surface area contributed by atoms with Crippen LogP contribution in [0.3, 0.4) is 0 Å². The topological polar surface area (TPSA) is 42.4 Å². The molecule has 0 aliphatic heterocycles. The molecule has 47 heavy (non-hydrogen) atoms. The van der Waals surface area contributed by atoms with Gasteiger partial charge in [0.25, 0.3) is 0 Å². The molecule has 0 aliphatic carbocycles. The highest BCUT2D eigenvalue weighted by molar-refractivity contribution is 6.23. The molecule has 0 bridgehead atoms. The van der Waals surface area contributed by atoms with Crippen LogP contribution in [0.4, 0.5) is 17.1 Å². The first-order valence-electron chi connectivity index (χ1n) is 15.8. The fourth-order valence-electron chi connectivity index (χ4n) is 7.07. The molecule has 0 N–H and O–H groups in total. The van der Waals surface area contributed by atoms with Crippen LogP contribution in [-0.4, -0.2) is 4.98 Å². The Kier molecular flexibility index (Phi) is 5.54. The zero-order valence-electron chi connectivity index (χ0n) is 25.2. The van der Waals surface area contributed by atoms with E-state index in [-0.39, 0.29) is 0 Å². The third kappa shape index (κ3) is 4.05. The van der Waals surface area contributed by atoms with Crippen LogP contribution in [0, 0.1) is 0 Å². The largest absolute Gasteiger partial charge is 0.456 e. The van der Waals surface area contributed by atoms with E-state index in [1.807, 2.05) is 30.5 Å². The lowest BCUT2D eigenvalue weighted by molar-refractivity contribution is 0.669. The summed E-state index contributed by atoms with van der Waals surface area (Å²) in [4.78, 5) is 6.99. The van der Waals surface area contributed by atoms with Gasteiger partial charge >= 0.3 is 0 Å². The van der Waals surface area contributed by atoms with Crippen LogP contribution < -0.4 is 4.90 Å². The van der Waals surface area contributed by atoms with Gasteiger partial charge in [-0.05, 0) is 94.0 Å². The van der Waals surface area contributed by atoms with E-state index < -0.39 is 0 Å². The van der Waals surface area contributed by atoms with Crippen molar-refractivity contribution in [2.24, 2.45) is 0 Å². The molecule has 7 aromatic carbocycles. The Bertz CT molecular complexity index is 2810. The summed E-state index contributed by atoms with van der Waals surface area (Å²) >= 11 is 0. The molecule has 10 rings (SSSR count). The summed E-state index contributed by atoms with van der Waals surface area (Å²) in [5.41, 5.74) is 9.80. The number of furan rings is 2. The number of hydrogen-bond donors (Lipinski definition) is 0. The first-order chi connectivity index (χ1) is 23.3. The lowest BCUT2D eigenvalue weighted by atomic mass is 9.99. The SMILES string of the molecule is c1ccc(-c2cccc(N(c3ccc4oc5ccccc5c4c3)c3ccc4ccc5ccc6c7ncccc7oc6c5c4c3)c2)cc1. The Balaban J connectivity index is 1.25. The number of rotatable bonds is 4. The number of anilines is 3. The van der Waals surface area contributed by atoms with Crippen LogP contribution in [0.5, 0.6) is 0 Å². The van der Waals surface area contributed by atoms with Gasteiger partial charge in [0.15, 0.2) is 5.58 Å². The Hall–Kier alpha value is -6.39. The average Bonchev–Trinajstić information content (AvgIpc) is 3.70. The van der Waals surface area contributed by atoms with E-state index in [1.54, 1.807) is 0 Å². The average molecular weight is 603 g/mol. The van der Waals surface area contributed by atoms with Gasteiger partial charge in [-0.1, -0.05) is 84.9 Å². The molecular weight excluding hydrogens is 576 g/mol. The second-order valence-corrected chi connectivity index (χ2v) is 12.0. The number of hydrogen-bond acceptors (Lipinski definition) is 4. The number of para-hydroxylation sites is 1. The third-order valence-corrected chi connectivity index (χ3v) is 9.26. The molecule has 3 heterocycles. The van der Waals surface area contributed by atoms with Crippen LogP contribution in [0.25, 0.3) is 76.7 Å². The van der Waals surface area contributed by atoms with Gasteiger partial charge in [0.1, 0.15) is 22.3 Å². The highest BCUT2D eigenvalue weighted by atomic mass is 16.3. The third-order valence-electron chi connectivity index (χ3n) is 9.26. The molecule has 0 saturated heterocycles. The zero-order valence-corrected chi connectivity index (χ0v) is 25.2. The first-order valence-corrected chi connectivity index (χ1v) is 15.8. The highest BCUT2D eigenvalue weighted by Gasteiger charge is 2.19. The second kappa shape index (κ2) is 10.1. The molecule has 220 valence electrons. The standard InChI is InChI=1S/C43H26N2O2/c1-2-8-27(9-3-1)30-10-6-11-31(24-30)45(33-20-22-39-37(26-33)34-12-4-5-13-38(34)46-39)32-19-17-28-15-16-29-18-21-35-42-40(14-7-23-44-42)47-43(35)41(29)36(28)25-32/h1-26H. The summed E-state index contributed by atoms with van der Waals surface area (Å²) < 4.78 is 12.7. The van der Waals surface area contributed by atoms with Crippen LogP contribution >= 0.6 is 0 Å². The van der Waals surface area contributed by atoms with Crippen molar-refractivity contribution in [3.63, 3.8) is 0 Å². The van der Waals surface area contributed by atoms with Gasteiger partial charge in [-0.2, -0.15) is 0 Å². The van der Waals surface area contributed by atoms with Gasteiger partial charge in [0.2, 0.25) is 0 Å². The maximum Gasteiger partial charge on any atom is 0.153 e. The Morgan fingerprint density at radius 3 is 2.06 bits per heavy atom. The van der Waals surface area contributed by atoms with Crippen molar-refractivity contribution in [2.45, 2.75) is 0 Å². The number of pyridine rings is 1. The summed E-state index contributed by atoms with van der Waals surface area (Å²) in [5, 5.41) is 7.72. The van der Waals surface area contributed by atoms with Crippen molar-refractivity contribution in [3.05, 3.63) is 158 Å². The van der Waals surface area contributed by atoms with Crippen LogP contribution in [0.1, 0.15) is 0 Å². The highest BCUT2D eigenvalue weighted by Crippen LogP contribution is 2.43. The minimum Gasteiger partial charge on any atom is -0.456 e. The molecule has 0 fully saturated rings. The van der Waals surface area contributed by atoms with Crippen molar-refractivity contribution in [2.75, 3.05) is 4.90 Å². The monoisotopic (exact) mass is 602 g/mol. The van der Waals surface area contributed by atoms with Crippen LogP contribution in [0.15, 0.2) is 167 Å². The molecule has 3 aromatic heterocycles. The number of fused-ring (bicyclic) bond motifs is 10. The van der Waals surface area contributed by atoms with Crippen molar-refractivity contribution in [1.29, 1.82) is 0 Å². The lowest BCUT2D eigenvalue weighted by Gasteiger charge is -2.26. The molecule has 0 unspecified atom stereocenters. The molecule has 0 spiro atoms. The van der Waals surface area contributed by atoms with Gasteiger partial charge in [-0.3, -0.25) is 4.98 Å². The van der Waals surface area contributed by atoms with Crippen LogP contribution in [0.2, 0.25) is 0 Å². The molecule has 4 nitrogen and oxygen atoms in total. The van der Waals surface area contributed by atoms with E-state index in [9.17, 15) is 0 Å². The lowest BCUT2D eigenvalue weighted by Crippen LogP contribution is -2.10. The normalized spacial score (nSPS) is 11.8. The van der Waals surface area contributed by atoms with E-state index in [0.29, 0.717) is 0 Å². The minimum atomic E-state index is 0.795. The van der Waals surface area contributed by atoms with E-state index in [0.717, 1.165) is 88.2 Å². The predicted octanol–water partition coefficient (Wildman–Crippen LogP) is 12.3. The fraction of sp³-hybridized carbons (Fsp3) is 0. The van der Waals surface area contributed by atoms with Gasteiger partial charge in [-0.25, -0.2) is 0 Å². The van der Waals surface area contributed by atoms with E-state index >= 15 is 0 Å². The van der Waals surface area contributed by atoms with Gasteiger partial charge in [-0.15, -0.1) is 0 Å². The van der Waals surface area contributed by atoms with E-state index in [1.165, 1.54) is 5.56 Å². The zero-order chi connectivity index (χ0) is 30.9. The molecule has 0 amide bonds. The summed E-state index contributed by atoms with van der Waals surface area (Å²) in [6.45, 7) is 0. The molecule has 0 radical (unpaired) electrons. The summed E-state index contributed by atoms with van der Waals surface area (Å²) in [7, 11) is 0. The summed E-state index contributed by atoms with van der Waals surface area (Å²) in [6.07, 6.45) is 1.82. The number of benzene rings is 7. The van der Waals surface area contributed by atoms with Gasteiger partial charge < -0.3 is 13.7 Å². The molecule has 0 saturated carbocycles. The van der Waals surface area contributed by atoms with Crippen molar-refractivity contribution in [1.82, 2.24) is 4.98 Å². The molecule has 10 aromatic rings. The predicted molar refractivity (Wildman–Crippen MR) is 194 cm³/mol. The minimum absolute atomic E-state index is 0.795. The van der Waals surface area contributed by atoms with Gasteiger partial charge in [0, 0.05) is 44.8 Å². The second-order valence-electron chi connectivity index (χ2n) is 12.0. The maximum atomic E-state index is 6.50. The van der Waals surface area contributed by atoms with Crippen molar-refractivity contribution >= 4 is 82.6 Å². The van der Waals surface area contributed by atoms with Gasteiger partial charge in [0.05, 0.1) is 0 Å². The Morgan fingerprint density at radius 1 is 0.426 bits per heavy atom. The van der Waals surface area contributed by atoms with Crippen molar-refractivity contribution < 1.29 is 8.83 Å². The number of nitrogens with zero attached hydrogens (tertiary/aromatic N) is 2. The van der Waals surface area contributed by atoms with E-state index in [4.69, 9.17) is 8.83 Å². The smallest absolute Gasteiger partial charge is 0.153 e. The molecule has 0 atom stereocenters. The molecule has 4 heteroatoms. The number of aromatic nitrogens is 1. The Labute approximate surface area is 269 Å². The van der Waals surface area contributed by atoms with Crippen molar-refractivity contribution in [3.8, 4) is 11.1 Å². The first kappa shape index (κ1) is 25.9. The summed E-state index contributed by atoms with van der Waals surface area (Å²) in [5.74, 6) is 0. The van der Waals surface area contributed by atoms with Crippen LogP contribution in [-0.2, 0) is 0 Å². The quantitative estimate of drug-likeness (QED) is 0.188. The summed E-state index contributed by atoms with van der Waals surface area (Å²) in [6, 6.07) is 53.3. The van der Waals surface area contributed by atoms with E-state index in [2.05, 4.69) is 137 Å². The molecular formula is C43H26N2O2. The maximum absolute atomic E-state index is 6.50.